The second-order valence-electron chi connectivity index (χ2n) is 35.3. The molecule has 1 fully saturated rings. The number of carbonyl (C=O) groups excluding carboxylic acids is 19. The van der Waals surface area contributed by atoms with Crippen LogP contribution in [-0.2, 0) is 91.1 Å². The third-order valence-electron chi connectivity index (χ3n) is 20.6. The van der Waals surface area contributed by atoms with Crippen molar-refractivity contribution in [3.63, 3.8) is 0 Å². The van der Waals surface area contributed by atoms with Crippen LogP contribution in [0.1, 0.15) is 227 Å². The summed E-state index contributed by atoms with van der Waals surface area (Å²) < 4.78 is 0. The molecule has 0 aromatic rings. The molecule has 1 aliphatic heterocycles. The van der Waals surface area contributed by atoms with Gasteiger partial charge in [-0.3, -0.25) is 91.1 Å². The first-order valence-electron chi connectivity index (χ1n) is 43.8. The Morgan fingerprint density at radius 2 is 0.712 bits per heavy atom. The lowest BCUT2D eigenvalue weighted by atomic mass is 9.96. The summed E-state index contributed by atoms with van der Waals surface area (Å²) in [4.78, 5) is 261. The van der Waals surface area contributed by atoms with Crippen LogP contribution < -0.4 is 114 Å². The van der Waals surface area contributed by atoms with Crippen molar-refractivity contribution in [2.75, 3.05) is 45.9 Å². The fourth-order valence-corrected chi connectivity index (χ4v) is 13.6. The molecule has 0 saturated carbocycles. The number of nitrogens with zero attached hydrogens (tertiary/aromatic N) is 1. The SMILES string of the molecule is CC[C@H](C)[C@H](NC(=O)[C@H](CCCCN)NC(=O)[C@H](CC(C)C)NC(=O)[C@H](CC(C)C)NC(=O)[C@@H]1CCCN1C(=O)CNC(=O)[C@H](CC(C)C)NC(=O)[C@H](CC(C)C)NC(=O)CN)C(=O)N[C@@H](C)C(=O)N[C@@H](C)C(=O)N[C@@H](CCCCN)C(=O)N[C@H](C(=O)NCC(=O)N[C@@H](CO)C(=O)N[C@@H](CC(N)=O)C(=O)N[C@@H](CC(C)C)C(=O)N[C@@H](CC(C)C)C(N)=O)C(C)C. The Morgan fingerprint density at radius 1 is 0.360 bits per heavy atom. The maximum atomic E-state index is 14.6. The molecule has 1 saturated heterocycles. The van der Waals surface area contributed by atoms with Gasteiger partial charge >= 0.3 is 0 Å². The van der Waals surface area contributed by atoms with E-state index in [0.717, 1.165) is 0 Å². The van der Waals surface area contributed by atoms with Gasteiger partial charge in [-0.15, -0.1) is 0 Å². The zero-order valence-corrected chi connectivity index (χ0v) is 76.6. The third-order valence-corrected chi connectivity index (χ3v) is 20.6. The van der Waals surface area contributed by atoms with Gasteiger partial charge < -0.3 is 124 Å². The van der Waals surface area contributed by atoms with Crippen LogP contribution in [0, 0.1) is 47.3 Å². The molecule has 0 radical (unpaired) electrons. The van der Waals surface area contributed by atoms with Crippen LogP contribution in [0.15, 0.2) is 0 Å². The van der Waals surface area contributed by atoms with Crippen LogP contribution in [0.2, 0.25) is 0 Å². The lowest BCUT2D eigenvalue weighted by Gasteiger charge is -2.30. The number of nitrogens with one attached hydrogen (secondary N) is 16. The second kappa shape index (κ2) is 58.1. The monoisotopic (exact) mass is 1780 g/mol. The molecule has 27 N–H and O–H groups in total. The van der Waals surface area contributed by atoms with E-state index in [1.54, 1.807) is 69.2 Å². The van der Waals surface area contributed by atoms with Gasteiger partial charge in [-0.2, -0.15) is 0 Å². The van der Waals surface area contributed by atoms with Crippen molar-refractivity contribution < 1.29 is 96.2 Å². The molecule has 0 aromatic heterocycles. The standard InChI is InChI=1S/C83H150N22O20/c1-19-49(16)68(104-74(116)53(26-21-23-29-85)96-76(118)57(34-45(8)9)99-78(120)59(36-47(12)13)102-81(123)62-27-24-30-105(62)66(110)40-90-72(114)55(32-43(4)5)98-75(117)56(33-44(6)7)93-64(108)38-86)83(125)92-50(17)70(112)91-51(18)71(113)95-52(25-20-22-28-84)73(115)103-67(48(14)15)82(124)89-39-65(109)94-61(41-106)80(122)101-60(37-63(87)107)79(121)100-58(35-46(10)11)77(119)97-54(69(88)111)31-42(2)3/h42-62,67-68,106H,19-41,84-86H2,1-18H3,(H2,87,107)(H2,88,111)(H,89,124)(H,90,114)(H,91,112)(H,92,125)(H,93,108)(H,94,109)(H,95,113)(H,96,118)(H,97,119)(H,98,117)(H,99,120)(H,100,121)(H,101,122)(H,102,123)(H,103,115)(H,104,116)/t49-,50-,51-,52-,53-,54-,55-,56-,57-,58-,59-,60-,61-,62-,67-,68-/m0/s1. The summed E-state index contributed by atoms with van der Waals surface area (Å²) in [6.07, 6.45) is 2.44. The Bertz CT molecular complexity index is 3580. The van der Waals surface area contributed by atoms with Crippen LogP contribution in [0.25, 0.3) is 0 Å². The van der Waals surface area contributed by atoms with Gasteiger partial charge in [0.25, 0.3) is 0 Å². The molecule has 1 aliphatic rings. The van der Waals surface area contributed by atoms with Gasteiger partial charge in [-0.1, -0.05) is 117 Å². The van der Waals surface area contributed by atoms with Crippen LogP contribution >= 0.6 is 0 Å². The molecule has 125 heavy (non-hydrogen) atoms. The largest absolute Gasteiger partial charge is 0.394 e. The third kappa shape index (κ3) is 43.0. The summed E-state index contributed by atoms with van der Waals surface area (Å²) in [7, 11) is 0. The topological polar surface area (TPSA) is 670 Å². The maximum absolute atomic E-state index is 14.6. The number of hydrogen-bond donors (Lipinski definition) is 22. The van der Waals surface area contributed by atoms with Crippen molar-refractivity contribution in [2.24, 2.45) is 76.0 Å². The Labute approximate surface area is 735 Å². The zero-order valence-electron chi connectivity index (χ0n) is 76.6. The maximum Gasteiger partial charge on any atom is 0.245 e. The molecular formula is C83H150N22O20. The fraction of sp³-hybridized carbons (Fsp3) is 0.771. The van der Waals surface area contributed by atoms with Crippen molar-refractivity contribution >= 4 is 112 Å². The summed E-state index contributed by atoms with van der Waals surface area (Å²) in [5.74, 6) is -17.7. The highest BCUT2D eigenvalue weighted by Gasteiger charge is 2.41. The first-order chi connectivity index (χ1) is 58.4. The van der Waals surface area contributed by atoms with E-state index in [1.165, 1.54) is 18.7 Å². The van der Waals surface area contributed by atoms with Gasteiger partial charge in [0.05, 0.1) is 32.7 Å². The Kier molecular flexibility index (Phi) is 52.4. The van der Waals surface area contributed by atoms with E-state index in [9.17, 15) is 96.2 Å². The van der Waals surface area contributed by atoms with E-state index in [-0.39, 0.29) is 119 Å². The van der Waals surface area contributed by atoms with Gasteiger partial charge in [0.15, 0.2) is 0 Å². The highest BCUT2D eigenvalue weighted by Crippen LogP contribution is 2.21. The Balaban J connectivity index is 3.32. The lowest BCUT2D eigenvalue weighted by Crippen LogP contribution is -2.61. The Hall–Kier alpha value is -10.2. The average Bonchev–Trinajstić information content (AvgIpc) is 1.66. The molecule has 1 rings (SSSR count). The smallest absolute Gasteiger partial charge is 0.245 e. The van der Waals surface area contributed by atoms with E-state index in [2.05, 4.69) is 85.1 Å². The molecule has 0 aliphatic carbocycles. The van der Waals surface area contributed by atoms with Crippen LogP contribution in [0.5, 0.6) is 0 Å². The summed E-state index contributed by atoms with van der Waals surface area (Å²) in [6.45, 7) is 28.7. The van der Waals surface area contributed by atoms with E-state index in [0.29, 0.717) is 38.5 Å². The normalized spacial score (nSPS) is 16.3. The minimum absolute atomic E-state index is 0.00845. The number of aliphatic hydroxyl groups is 1. The number of rotatable bonds is 60. The van der Waals surface area contributed by atoms with Gasteiger partial charge in [0, 0.05) is 6.54 Å². The number of primary amides is 2. The van der Waals surface area contributed by atoms with Crippen LogP contribution in [-0.4, -0.2) is 259 Å². The minimum atomic E-state index is -1.79. The van der Waals surface area contributed by atoms with E-state index < -0.39 is 241 Å². The van der Waals surface area contributed by atoms with Crippen molar-refractivity contribution in [3.05, 3.63) is 0 Å². The van der Waals surface area contributed by atoms with Gasteiger partial charge in [0.2, 0.25) is 112 Å². The molecule has 42 nitrogen and oxygen atoms in total. The van der Waals surface area contributed by atoms with Gasteiger partial charge in [0.1, 0.15) is 90.6 Å². The molecular weight excluding hydrogens is 1630 g/mol. The second-order valence-corrected chi connectivity index (χ2v) is 35.3. The number of hydrogen-bond acceptors (Lipinski definition) is 23. The zero-order chi connectivity index (χ0) is 95.4. The fourth-order valence-electron chi connectivity index (χ4n) is 13.6. The lowest BCUT2D eigenvalue weighted by molar-refractivity contribution is -0.140. The number of unbranched alkanes of at least 4 members (excludes halogenated alkanes) is 2. The summed E-state index contributed by atoms with van der Waals surface area (Å²) in [5.41, 5.74) is 28.1. The predicted octanol–water partition coefficient (Wildman–Crippen LogP) is -4.41. The summed E-state index contributed by atoms with van der Waals surface area (Å²) in [6, 6.07) is -19.6. The van der Waals surface area contributed by atoms with Crippen LogP contribution in [0.3, 0.4) is 0 Å². The average molecular weight is 1780 g/mol. The molecule has 712 valence electrons. The van der Waals surface area contributed by atoms with Gasteiger partial charge in [-0.25, -0.2) is 0 Å². The Morgan fingerprint density at radius 3 is 1.13 bits per heavy atom. The molecule has 1 heterocycles. The summed E-state index contributed by atoms with van der Waals surface area (Å²) in [5, 5.41) is 51.3. The summed E-state index contributed by atoms with van der Waals surface area (Å²) >= 11 is 0. The molecule has 19 amide bonds. The van der Waals surface area contributed by atoms with Crippen LogP contribution in [0.4, 0.5) is 0 Å². The van der Waals surface area contributed by atoms with Crippen molar-refractivity contribution in [2.45, 2.75) is 318 Å². The molecule has 0 unspecified atom stereocenters. The molecule has 0 spiro atoms. The van der Waals surface area contributed by atoms with E-state index in [1.807, 2.05) is 41.5 Å². The predicted molar refractivity (Wildman–Crippen MR) is 465 cm³/mol. The minimum Gasteiger partial charge on any atom is -0.394 e. The molecule has 42 heteroatoms. The van der Waals surface area contributed by atoms with Gasteiger partial charge in [-0.05, 0) is 164 Å². The quantitative estimate of drug-likeness (QED) is 0.0256. The van der Waals surface area contributed by atoms with E-state index in [4.69, 9.17) is 28.7 Å². The number of amides is 19. The first kappa shape index (κ1) is 113. The number of aliphatic hydroxyl groups excluding tert-OH is 1. The van der Waals surface area contributed by atoms with Crippen molar-refractivity contribution in [1.82, 2.24) is 90.0 Å². The highest BCUT2D eigenvalue weighted by atomic mass is 16.3. The van der Waals surface area contributed by atoms with Crippen molar-refractivity contribution in [1.29, 1.82) is 0 Å². The molecule has 0 aromatic carbocycles. The van der Waals surface area contributed by atoms with E-state index >= 15 is 0 Å². The number of likely N-dealkylation sites (tertiary alicyclic amines) is 1. The molecule has 16 atom stereocenters. The number of nitrogens with two attached hydrogens (primary N) is 5. The number of carbonyl (C=O) groups is 19. The first-order valence-corrected chi connectivity index (χ1v) is 43.8. The molecule has 0 bridgehead atoms. The van der Waals surface area contributed by atoms with Crippen molar-refractivity contribution in [3.8, 4) is 0 Å². The highest BCUT2D eigenvalue weighted by molar-refractivity contribution is 6.01.